The number of hydrogen-bond acceptors (Lipinski definition) is 4. The minimum atomic E-state index is 0.141. The second-order valence-corrected chi connectivity index (χ2v) is 6.42. The summed E-state index contributed by atoms with van der Waals surface area (Å²) in [5.74, 6) is 0. The number of nitrogens with zero attached hydrogens (tertiary/aromatic N) is 3. The third-order valence-electron chi connectivity index (χ3n) is 4.61. The first-order valence-electron chi connectivity index (χ1n) is 8.07. The predicted molar refractivity (Wildman–Crippen MR) is 85.5 cm³/mol. The fourth-order valence-electron chi connectivity index (χ4n) is 3.22. The molecule has 2 heterocycles. The zero-order valence-electron chi connectivity index (χ0n) is 13.9. The van der Waals surface area contributed by atoms with Crippen molar-refractivity contribution < 1.29 is 4.74 Å². The van der Waals surface area contributed by atoms with Gasteiger partial charge >= 0.3 is 0 Å². The van der Waals surface area contributed by atoms with Crippen LogP contribution in [0.15, 0.2) is 12.4 Å². The zero-order chi connectivity index (χ0) is 15.3. The summed E-state index contributed by atoms with van der Waals surface area (Å²) in [5.41, 5.74) is 1.46. The van der Waals surface area contributed by atoms with Crippen LogP contribution in [0.5, 0.6) is 0 Å². The molecule has 1 aliphatic rings. The fraction of sp³-hybridized carbons (Fsp3) is 0.812. The lowest BCUT2D eigenvalue weighted by Crippen LogP contribution is -2.60. The Labute approximate surface area is 128 Å². The largest absolute Gasteiger partial charge is 0.379 e. The summed E-state index contributed by atoms with van der Waals surface area (Å²) in [4.78, 5) is 2.56. The standard InChI is InChI=1S/C16H30N4O/c1-5-17-15(7-6-14-12-18-19(4)13-14)16(2,3)20-8-10-21-11-9-20/h12-13,15,17H,5-11H2,1-4H3. The smallest absolute Gasteiger partial charge is 0.0594 e. The summed E-state index contributed by atoms with van der Waals surface area (Å²) >= 11 is 0. The first kappa shape index (κ1) is 16.5. The van der Waals surface area contributed by atoms with E-state index in [4.69, 9.17) is 4.74 Å². The Bertz CT molecular complexity index is 424. The highest BCUT2D eigenvalue weighted by Crippen LogP contribution is 2.24. The number of ether oxygens (including phenoxy) is 1. The van der Waals surface area contributed by atoms with Crippen molar-refractivity contribution in [1.29, 1.82) is 0 Å². The Hall–Kier alpha value is -0.910. The molecule has 0 saturated carbocycles. The van der Waals surface area contributed by atoms with Crippen LogP contribution < -0.4 is 5.32 Å². The molecule has 2 rings (SSSR count). The minimum Gasteiger partial charge on any atom is -0.379 e. The molecular formula is C16H30N4O. The summed E-state index contributed by atoms with van der Waals surface area (Å²) in [5, 5.41) is 7.95. The number of morpholine rings is 1. The lowest BCUT2D eigenvalue weighted by atomic mass is 9.87. The highest BCUT2D eigenvalue weighted by Gasteiger charge is 2.35. The molecule has 1 aromatic heterocycles. The van der Waals surface area contributed by atoms with Gasteiger partial charge in [0.1, 0.15) is 0 Å². The maximum atomic E-state index is 5.49. The van der Waals surface area contributed by atoms with Gasteiger partial charge in [0, 0.05) is 37.9 Å². The first-order chi connectivity index (χ1) is 10.0. The Morgan fingerprint density at radius 3 is 2.67 bits per heavy atom. The van der Waals surface area contributed by atoms with Crippen LogP contribution in [0.3, 0.4) is 0 Å². The van der Waals surface area contributed by atoms with E-state index in [2.05, 4.69) is 42.3 Å². The molecule has 1 aliphatic heterocycles. The SMILES string of the molecule is CCNC(CCc1cnn(C)c1)C(C)(C)N1CCOCC1. The molecule has 1 atom stereocenters. The van der Waals surface area contributed by atoms with Crippen LogP contribution in [0.4, 0.5) is 0 Å². The lowest BCUT2D eigenvalue weighted by Gasteiger charge is -2.46. The van der Waals surface area contributed by atoms with Crippen molar-refractivity contribution in [3.8, 4) is 0 Å². The van der Waals surface area contributed by atoms with E-state index in [9.17, 15) is 0 Å². The van der Waals surface area contributed by atoms with Crippen LogP contribution in [0, 0.1) is 0 Å². The summed E-state index contributed by atoms with van der Waals surface area (Å²) in [6.07, 6.45) is 6.29. The van der Waals surface area contributed by atoms with Gasteiger partial charge < -0.3 is 10.1 Å². The third kappa shape index (κ3) is 4.28. The van der Waals surface area contributed by atoms with Crippen molar-refractivity contribution in [3.05, 3.63) is 18.0 Å². The molecule has 5 heteroatoms. The van der Waals surface area contributed by atoms with Gasteiger partial charge in [0.25, 0.3) is 0 Å². The lowest BCUT2D eigenvalue weighted by molar-refractivity contribution is -0.0241. The molecule has 1 saturated heterocycles. The average molecular weight is 294 g/mol. The van der Waals surface area contributed by atoms with Gasteiger partial charge in [0.15, 0.2) is 0 Å². The van der Waals surface area contributed by atoms with Crippen molar-refractivity contribution in [2.24, 2.45) is 7.05 Å². The van der Waals surface area contributed by atoms with Gasteiger partial charge in [0.05, 0.1) is 19.4 Å². The molecule has 0 spiro atoms. The third-order valence-corrected chi connectivity index (χ3v) is 4.61. The maximum absolute atomic E-state index is 5.49. The maximum Gasteiger partial charge on any atom is 0.0594 e. The van der Waals surface area contributed by atoms with Crippen LogP contribution >= 0.6 is 0 Å². The highest BCUT2D eigenvalue weighted by atomic mass is 16.5. The number of rotatable bonds is 7. The number of nitrogens with one attached hydrogen (secondary N) is 1. The van der Waals surface area contributed by atoms with E-state index in [1.54, 1.807) is 0 Å². The van der Waals surface area contributed by atoms with E-state index in [1.165, 1.54) is 5.56 Å². The van der Waals surface area contributed by atoms with E-state index < -0.39 is 0 Å². The van der Waals surface area contributed by atoms with Gasteiger partial charge in [-0.25, -0.2) is 0 Å². The molecule has 0 aromatic carbocycles. The predicted octanol–water partition coefficient (Wildman–Crippen LogP) is 1.44. The fourth-order valence-corrected chi connectivity index (χ4v) is 3.22. The molecule has 0 aliphatic carbocycles. The summed E-state index contributed by atoms with van der Waals surface area (Å²) < 4.78 is 7.37. The molecule has 1 N–H and O–H groups in total. The van der Waals surface area contributed by atoms with Gasteiger partial charge in [0.2, 0.25) is 0 Å². The van der Waals surface area contributed by atoms with Crippen LogP contribution in [-0.4, -0.2) is 59.1 Å². The molecule has 1 aromatic rings. The average Bonchev–Trinajstić information content (AvgIpc) is 2.90. The minimum absolute atomic E-state index is 0.141. The molecule has 5 nitrogen and oxygen atoms in total. The molecular weight excluding hydrogens is 264 g/mol. The zero-order valence-corrected chi connectivity index (χ0v) is 13.9. The second-order valence-electron chi connectivity index (χ2n) is 6.42. The van der Waals surface area contributed by atoms with Gasteiger partial charge in [-0.1, -0.05) is 6.92 Å². The van der Waals surface area contributed by atoms with Crippen molar-refractivity contribution in [1.82, 2.24) is 20.0 Å². The molecule has 120 valence electrons. The number of aromatic nitrogens is 2. The molecule has 0 radical (unpaired) electrons. The normalized spacial score (nSPS) is 18.9. The van der Waals surface area contributed by atoms with Crippen LogP contribution in [0.2, 0.25) is 0 Å². The molecule has 1 unspecified atom stereocenters. The van der Waals surface area contributed by atoms with Crippen LogP contribution in [0.25, 0.3) is 0 Å². The van der Waals surface area contributed by atoms with Crippen molar-refractivity contribution in [2.45, 2.75) is 45.2 Å². The molecule has 0 amide bonds. The van der Waals surface area contributed by atoms with E-state index in [0.717, 1.165) is 45.7 Å². The van der Waals surface area contributed by atoms with E-state index >= 15 is 0 Å². The number of likely N-dealkylation sites (N-methyl/N-ethyl adjacent to an activating group) is 1. The van der Waals surface area contributed by atoms with E-state index in [1.807, 2.05) is 17.9 Å². The molecule has 21 heavy (non-hydrogen) atoms. The van der Waals surface area contributed by atoms with Gasteiger partial charge in [-0.3, -0.25) is 9.58 Å². The van der Waals surface area contributed by atoms with Gasteiger partial charge in [-0.2, -0.15) is 5.10 Å². The van der Waals surface area contributed by atoms with Crippen molar-refractivity contribution in [2.75, 3.05) is 32.8 Å². The topological polar surface area (TPSA) is 42.3 Å². The van der Waals surface area contributed by atoms with Gasteiger partial charge in [-0.15, -0.1) is 0 Å². The number of hydrogen-bond donors (Lipinski definition) is 1. The second kappa shape index (κ2) is 7.38. The summed E-state index contributed by atoms with van der Waals surface area (Å²) in [6, 6.07) is 0.473. The van der Waals surface area contributed by atoms with Crippen LogP contribution in [-0.2, 0) is 18.2 Å². The summed E-state index contributed by atoms with van der Waals surface area (Å²) in [7, 11) is 1.98. The highest BCUT2D eigenvalue weighted by molar-refractivity contribution is 5.05. The van der Waals surface area contributed by atoms with Crippen LogP contribution in [0.1, 0.15) is 32.8 Å². The van der Waals surface area contributed by atoms with E-state index in [-0.39, 0.29) is 5.54 Å². The number of aryl methyl sites for hydroxylation is 2. The summed E-state index contributed by atoms with van der Waals surface area (Å²) in [6.45, 7) is 11.7. The Kier molecular flexibility index (Phi) is 5.79. The van der Waals surface area contributed by atoms with Crippen molar-refractivity contribution in [3.63, 3.8) is 0 Å². The van der Waals surface area contributed by atoms with Gasteiger partial charge in [-0.05, 0) is 38.8 Å². The monoisotopic (exact) mass is 294 g/mol. The Balaban J connectivity index is 1.98. The van der Waals surface area contributed by atoms with E-state index in [0.29, 0.717) is 6.04 Å². The Morgan fingerprint density at radius 1 is 1.38 bits per heavy atom. The molecule has 0 bridgehead atoms. The Morgan fingerprint density at radius 2 is 2.10 bits per heavy atom. The molecule has 1 fully saturated rings. The quantitative estimate of drug-likeness (QED) is 0.826. The van der Waals surface area contributed by atoms with Crippen molar-refractivity contribution >= 4 is 0 Å². The first-order valence-corrected chi connectivity index (χ1v) is 8.07.